The first-order valence-corrected chi connectivity index (χ1v) is 8.42. The number of likely N-dealkylation sites (tertiary alicyclic amines) is 1. The third kappa shape index (κ3) is 3.25. The van der Waals surface area contributed by atoms with Gasteiger partial charge in [-0.3, -0.25) is 9.78 Å². The molecule has 2 aromatic heterocycles. The summed E-state index contributed by atoms with van der Waals surface area (Å²) in [7, 11) is 0. The molecule has 0 N–H and O–H groups in total. The van der Waals surface area contributed by atoms with Gasteiger partial charge in [-0.15, -0.1) is 10.2 Å². The van der Waals surface area contributed by atoms with Crippen molar-refractivity contribution in [2.45, 2.75) is 45.1 Å². The van der Waals surface area contributed by atoms with E-state index in [4.69, 9.17) is 0 Å². The number of pyridine rings is 1. The van der Waals surface area contributed by atoms with Crippen LogP contribution in [0.3, 0.4) is 0 Å². The summed E-state index contributed by atoms with van der Waals surface area (Å²) in [6, 6.07) is 3.11. The summed E-state index contributed by atoms with van der Waals surface area (Å²) in [5.74, 6) is -4.16. The van der Waals surface area contributed by atoms with Crippen LogP contribution in [0.5, 0.6) is 0 Å². The van der Waals surface area contributed by atoms with E-state index in [1.165, 1.54) is 24.1 Å². The Morgan fingerprint density at radius 1 is 1.44 bits per heavy atom. The number of hydrogen-bond donors (Lipinski definition) is 0. The number of halogens is 2. The Morgan fingerprint density at radius 3 is 2.96 bits per heavy atom. The van der Waals surface area contributed by atoms with Crippen molar-refractivity contribution in [2.24, 2.45) is 0 Å². The van der Waals surface area contributed by atoms with Gasteiger partial charge in [0.05, 0.1) is 0 Å². The summed E-state index contributed by atoms with van der Waals surface area (Å²) in [4.78, 5) is 17.5. The number of nitrogens with zero attached hydrogens (tertiary/aromatic N) is 5. The zero-order valence-electron chi connectivity index (χ0n) is 14.3. The van der Waals surface area contributed by atoms with Crippen molar-refractivity contribution in [1.29, 1.82) is 0 Å². The smallest absolute Gasteiger partial charge is 0.336 e. The number of aromatic nitrogens is 4. The maximum absolute atomic E-state index is 14.7. The van der Waals surface area contributed by atoms with Crippen LogP contribution in [0.4, 0.5) is 8.78 Å². The molecule has 134 valence electrons. The van der Waals surface area contributed by atoms with Gasteiger partial charge in [0.15, 0.2) is 0 Å². The van der Waals surface area contributed by atoms with E-state index < -0.39 is 17.5 Å². The molecule has 0 aromatic carbocycles. The molecule has 1 aliphatic heterocycles. The van der Waals surface area contributed by atoms with Gasteiger partial charge in [-0.1, -0.05) is 6.07 Å². The Hall–Kier alpha value is -2.38. The minimum atomic E-state index is -3.63. The van der Waals surface area contributed by atoms with Gasteiger partial charge in [-0.25, -0.2) is 0 Å². The van der Waals surface area contributed by atoms with Crippen LogP contribution < -0.4 is 0 Å². The van der Waals surface area contributed by atoms with Crippen LogP contribution in [0, 0.1) is 6.92 Å². The van der Waals surface area contributed by atoms with Crippen molar-refractivity contribution in [3.8, 4) is 0 Å². The van der Waals surface area contributed by atoms with E-state index in [2.05, 4.69) is 15.2 Å². The summed E-state index contributed by atoms with van der Waals surface area (Å²) >= 11 is 0. The van der Waals surface area contributed by atoms with E-state index in [1.807, 2.05) is 11.5 Å². The quantitative estimate of drug-likeness (QED) is 0.851. The largest absolute Gasteiger partial charge is 0.366 e. The molecule has 2 aromatic rings. The average molecular weight is 349 g/mol. The minimum absolute atomic E-state index is 0.0826. The first-order valence-electron chi connectivity index (χ1n) is 8.42. The maximum Gasteiger partial charge on any atom is 0.366 e. The first-order chi connectivity index (χ1) is 11.9. The lowest BCUT2D eigenvalue weighted by Crippen LogP contribution is -2.47. The van der Waals surface area contributed by atoms with Crippen molar-refractivity contribution < 1.29 is 13.6 Å². The molecule has 0 bridgehead atoms. The van der Waals surface area contributed by atoms with Crippen molar-refractivity contribution in [1.82, 2.24) is 24.6 Å². The number of amides is 1. The number of carbonyl (C=O) groups is 1. The Labute approximate surface area is 144 Å². The molecule has 0 aliphatic carbocycles. The fraction of sp³-hybridized carbons (Fsp3) is 0.529. The lowest BCUT2D eigenvalue weighted by molar-refractivity contribution is -0.161. The minimum Gasteiger partial charge on any atom is -0.336 e. The zero-order chi connectivity index (χ0) is 18.0. The van der Waals surface area contributed by atoms with E-state index >= 15 is 0 Å². The lowest BCUT2D eigenvalue weighted by Gasteiger charge is -2.34. The monoisotopic (exact) mass is 349 g/mol. The second-order valence-corrected chi connectivity index (χ2v) is 6.31. The van der Waals surface area contributed by atoms with E-state index in [0.717, 1.165) is 12.2 Å². The maximum atomic E-state index is 14.7. The predicted octanol–water partition coefficient (Wildman–Crippen LogP) is 2.50. The fourth-order valence-electron chi connectivity index (χ4n) is 3.31. The number of alkyl halides is 2. The van der Waals surface area contributed by atoms with Crippen LogP contribution in [0.1, 0.15) is 42.8 Å². The summed E-state index contributed by atoms with van der Waals surface area (Å²) < 4.78 is 31.3. The third-order valence-electron chi connectivity index (χ3n) is 4.64. The van der Waals surface area contributed by atoms with Gasteiger partial charge in [-0.2, -0.15) is 8.78 Å². The highest BCUT2D eigenvalue weighted by Crippen LogP contribution is 2.34. The van der Waals surface area contributed by atoms with Crippen LogP contribution in [0.2, 0.25) is 0 Å². The van der Waals surface area contributed by atoms with Gasteiger partial charge < -0.3 is 9.47 Å². The molecular formula is C17H21F2N5O. The van der Waals surface area contributed by atoms with E-state index in [-0.39, 0.29) is 12.5 Å². The molecule has 3 heterocycles. The van der Waals surface area contributed by atoms with Gasteiger partial charge in [0.25, 0.3) is 5.91 Å². The molecule has 3 rings (SSSR count). The van der Waals surface area contributed by atoms with Gasteiger partial charge in [0, 0.05) is 31.7 Å². The molecule has 1 saturated heterocycles. The van der Waals surface area contributed by atoms with Crippen molar-refractivity contribution in [3.05, 3.63) is 41.7 Å². The normalized spacial score (nSPS) is 18.4. The Kier molecular flexibility index (Phi) is 4.78. The van der Waals surface area contributed by atoms with Crippen molar-refractivity contribution in [2.75, 3.05) is 13.1 Å². The standard InChI is InChI=1S/C17H21F2N5O/c1-3-23-11-21-22-15(23)13-7-5-9-24(10-13)16(25)17(18,19)14-12(2)6-4-8-20-14/h4,6,8,11,13H,3,5,7,9-10H2,1-2H3/t13-/m1/s1. The molecule has 0 spiro atoms. The molecular weight excluding hydrogens is 328 g/mol. The van der Waals surface area contributed by atoms with E-state index in [0.29, 0.717) is 25.1 Å². The summed E-state index contributed by atoms with van der Waals surface area (Å²) in [5, 5.41) is 8.01. The van der Waals surface area contributed by atoms with Crippen LogP contribution >= 0.6 is 0 Å². The molecule has 1 amide bonds. The molecule has 1 fully saturated rings. The first kappa shape index (κ1) is 17.4. The molecule has 1 atom stereocenters. The zero-order valence-corrected chi connectivity index (χ0v) is 14.3. The lowest BCUT2D eigenvalue weighted by atomic mass is 9.96. The van der Waals surface area contributed by atoms with E-state index in [9.17, 15) is 13.6 Å². The van der Waals surface area contributed by atoms with Crippen LogP contribution in [-0.2, 0) is 17.3 Å². The Balaban J connectivity index is 1.81. The van der Waals surface area contributed by atoms with Crippen LogP contribution in [-0.4, -0.2) is 43.6 Å². The van der Waals surface area contributed by atoms with Gasteiger partial charge >= 0.3 is 5.92 Å². The highest BCUT2D eigenvalue weighted by atomic mass is 19.3. The molecule has 0 unspecified atom stereocenters. The number of hydrogen-bond acceptors (Lipinski definition) is 4. The number of carbonyl (C=O) groups excluding carboxylic acids is 1. The number of rotatable bonds is 4. The van der Waals surface area contributed by atoms with Crippen molar-refractivity contribution >= 4 is 5.91 Å². The summed E-state index contributed by atoms with van der Waals surface area (Å²) in [6.45, 7) is 4.75. The van der Waals surface area contributed by atoms with Crippen molar-refractivity contribution in [3.63, 3.8) is 0 Å². The highest BCUT2D eigenvalue weighted by molar-refractivity contribution is 5.84. The highest BCUT2D eigenvalue weighted by Gasteiger charge is 2.47. The fourth-order valence-corrected chi connectivity index (χ4v) is 3.31. The molecule has 25 heavy (non-hydrogen) atoms. The predicted molar refractivity (Wildman–Crippen MR) is 87.1 cm³/mol. The molecule has 1 aliphatic rings. The van der Waals surface area contributed by atoms with Crippen LogP contribution in [0.25, 0.3) is 0 Å². The molecule has 0 saturated carbocycles. The van der Waals surface area contributed by atoms with Gasteiger partial charge in [0.1, 0.15) is 17.8 Å². The van der Waals surface area contributed by atoms with Gasteiger partial charge in [-0.05, 0) is 38.3 Å². The topological polar surface area (TPSA) is 63.9 Å². The number of aryl methyl sites for hydroxylation is 2. The Bertz CT molecular complexity index is 761. The number of piperidine rings is 1. The average Bonchev–Trinajstić information content (AvgIpc) is 3.10. The SMILES string of the molecule is CCn1cnnc1[C@@H]1CCCN(C(=O)C(F)(F)c2ncccc2C)C1. The summed E-state index contributed by atoms with van der Waals surface area (Å²) in [6.07, 6.45) is 4.37. The molecule has 8 heteroatoms. The second kappa shape index (κ2) is 6.85. The van der Waals surface area contributed by atoms with Crippen LogP contribution in [0.15, 0.2) is 24.7 Å². The Morgan fingerprint density at radius 2 is 2.24 bits per heavy atom. The molecule has 0 radical (unpaired) electrons. The second-order valence-electron chi connectivity index (χ2n) is 6.31. The summed E-state index contributed by atoms with van der Waals surface area (Å²) in [5.41, 5.74) is -0.168. The van der Waals surface area contributed by atoms with Gasteiger partial charge in [0.2, 0.25) is 0 Å². The molecule has 6 nitrogen and oxygen atoms in total. The third-order valence-corrected chi connectivity index (χ3v) is 4.64. The van der Waals surface area contributed by atoms with E-state index in [1.54, 1.807) is 12.4 Å².